The van der Waals surface area contributed by atoms with E-state index in [1.807, 2.05) is 56.3 Å². The largest absolute Gasteiger partial charge is 0.491 e. The van der Waals surface area contributed by atoms with Crippen LogP contribution in [0.5, 0.6) is 5.75 Å². The van der Waals surface area contributed by atoms with Crippen LogP contribution in [0.2, 0.25) is 0 Å². The minimum Gasteiger partial charge on any atom is -0.491 e. The van der Waals surface area contributed by atoms with Crippen LogP contribution in [0.1, 0.15) is 25.1 Å². The molecular weight excluding hydrogens is 342 g/mol. The predicted octanol–water partition coefficient (Wildman–Crippen LogP) is 2.81. The maximum atomic E-state index is 12.4. The number of rotatable bonds is 6. The smallest absolute Gasteiger partial charge is 0.272 e. The zero-order valence-electron chi connectivity index (χ0n) is 15.7. The first-order chi connectivity index (χ1) is 12.9. The van der Waals surface area contributed by atoms with Gasteiger partial charge in [-0.15, -0.1) is 0 Å². The van der Waals surface area contributed by atoms with Gasteiger partial charge in [-0.3, -0.25) is 14.2 Å². The second-order valence-electron chi connectivity index (χ2n) is 6.66. The Morgan fingerprint density at radius 3 is 2.56 bits per heavy atom. The van der Waals surface area contributed by atoms with Crippen molar-refractivity contribution in [2.75, 3.05) is 0 Å². The Morgan fingerprint density at radius 2 is 1.85 bits per heavy atom. The van der Waals surface area contributed by atoms with Gasteiger partial charge in [0, 0.05) is 6.54 Å². The Kier molecular flexibility index (Phi) is 5.54. The first-order valence-corrected chi connectivity index (χ1v) is 8.92. The van der Waals surface area contributed by atoms with Crippen LogP contribution in [-0.2, 0) is 17.9 Å². The molecule has 1 aromatic heterocycles. The third-order valence-corrected chi connectivity index (χ3v) is 4.10. The van der Waals surface area contributed by atoms with Crippen LogP contribution in [0.3, 0.4) is 0 Å². The molecule has 0 saturated heterocycles. The Morgan fingerprint density at radius 1 is 1.15 bits per heavy atom. The van der Waals surface area contributed by atoms with Gasteiger partial charge in [-0.05, 0) is 50.6 Å². The van der Waals surface area contributed by atoms with E-state index >= 15 is 0 Å². The second-order valence-corrected chi connectivity index (χ2v) is 6.66. The summed E-state index contributed by atoms with van der Waals surface area (Å²) in [5, 5.41) is 2.86. The number of hydrogen-bond acceptors (Lipinski definition) is 4. The minimum absolute atomic E-state index is 0.0444. The van der Waals surface area contributed by atoms with E-state index < -0.39 is 0 Å². The fourth-order valence-electron chi connectivity index (χ4n) is 2.84. The second kappa shape index (κ2) is 8.03. The number of carbonyl (C=O) groups excluding carboxylic acids is 1. The van der Waals surface area contributed by atoms with Crippen molar-refractivity contribution in [3.63, 3.8) is 0 Å². The number of fused-ring (bicyclic) bond motifs is 1. The fraction of sp³-hybridized carbons (Fsp3) is 0.286. The summed E-state index contributed by atoms with van der Waals surface area (Å²) in [6.45, 7) is 5.94. The van der Waals surface area contributed by atoms with Gasteiger partial charge in [0.15, 0.2) is 0 Å². The van der Waals surface area contributed by atoms with Gasteiger partial charge in [-0.2, -0.15) is 0 Å². The number of benzene rings is 2. The van der Waals surface area contributed by atoms with Gasteiger partial charge < -0.3 is 10.1 Å². The van der Waals surface area contributed by atoms with Crippen molar-refractivity contribution in [2.24, 2.45) is 0 Å². The monoisotopic (exact) mass is 365 g/mol. The van der Waals surface area contributed by atoms with Crippen molar-refractivity contribution in [3.05, 3.63) is 70.1 Å². The van der Waals surface area contributed by atoms with Crippen molar-refractivity contribution in [3.8, 4) is 5.75 Å². The average molecular weight is 365 g/mol. The average Bonchev–Trinajstić information content (AvgIpc) is 2.64. The molecule has 140 valence electrons. The van der Waals surface area contributed by atoms with Crippen molar-refractivity contribution in [2.45, 2.75) is 40.0 Å². The number of hydrogen-bond donors (Lipinski definition) is 1. The van der Waals surface area contributed by atoms with E-state index in [4.69, 9.17) is 4.74 Å². The molecule has 0 atom stereocenters. The number of carbonyl (C=O) groups is 1. The minimum atomic E-state index is -0.251. The zero-order chi connectivity index (χ0) is 19.4. The highest BCUT2D eigenvalue weighted by atomic mass is 16.5. The molecule has 3 rings (SSSR count). The lowest BCUT2D eigenvalue weighted by atomic mass is 10.2. The van der Waals surface area contributed by atoms with E-state index in [0.717, 1.165) is 11.3 Å². The van der Waals surface area contributed by atoms with Gasteiger partial charge in [-0.1, -0.05) is 24.3 Å². The molecule has 27 heavy (non-hydrogen) atoms. The summed E-state index contributed by atoms with van der Waals surface area (Å²) in [4.78, 5) is 29.1. The van der Waals surface area contributed by atoms with Crippen molar-refractivity contribution in [1.82, 2.24) is 14.9 Å². The van der Waals surface area contributed by atoms with Gasteiger partial charge in [0.1, 0.15) is 18.0 Å². The molecule has 6 heteroatoms. The molecule has 1 heterocycles. The molecule has 0 aliphatic heterocycles. The van der Waals surface area contributed by atoms with Crippen LogP contribution in [0, 0.1) is 6.92 Å². The van der Waals surface area contributed by atoms with E-state index in [2.05, 4.69) is 10.3 Å². The molecular formula is C21H23N3O3. The van der Waals surface area contributed by atoms with Crippen LogP contribution in [0.4, 0.5) is 0 Å². The number of nitrogens with zero attached hydrogens (tertiary/aromatic N) is 2. The summed E-state index contributed by atoms with van der Waals surface area (Å²) >= 11 is 0. The van der Waals surface area contributed by atoms with Crippen LogP contribution in [0.25, 0.3) is 11.0 Å². The molecule has 0 spiro atoms. The van der Waals surface area contributed by atoms with Gasteiger partial charge in [0.05, 0.1) is 17.1 Å². The van der Waals surface area contributed by atoms with Crippen LogP contribution < -0.4 is 15.6 Å². The molecule has 0 fully saturated rings. The van der Waals surface area contributed by atoms with E-state index in [0.29, 0.717) is 23.3 Å². The summed E-state index contributed by atoms with van der Waals surface area (Å²) in [6.07, 6.45) is 0.118. The fourth-order valence-corrected chi connectivity index (χ4v) is 2.84. The van der Waals surface area contributed by atoms with Gasteiger partial charge >= 0.3 is 0 Å². The zero-order valence-corrected chi connectivity index (χ0v) is 15.7. The lowest BCUT2D eigenvalue weighted by molar-refractivity contribution is -0.121. The lowest BCUT2D eigenvalue weighted by Gasteiger charge is -2.12. The number of aryl methyl sites for hydroxylation is 1. The molecule has 1 amide bonds. The van der Waals surface area contributed by atoms with Gasteiger partial charge in [0.2, 0.25) is 5.91 Å². The van der Waals surface area contributed by atoms with Crippen molar-refractivity contribution >= 4 is 16.9 Å². The number of aromatic nitrogens is 2. The molecule has 0 aliphatic carbocycles. The number of nitrogens with one attached hydrogen (secondary N) is 1. The topological polar surface area (TPSA) is 73.2 Å². The molecule has 0 bridgehead atoms. The van der Waals surface area contributed by atoms with Crippen LogP contribution in [-0.4, -0.2) is 21.6 Å². The van der Waals surface area contributed by atoms with Crippen LogP contribution >= 0.6 is 0 Å². The summed E-state index contributed by atoms with van der Waals surface area (Å²) in [5.41, 5.74) is 2.44. The molecule has 1 N–H and O–H groups in total. The molecule has 2 aromatic carbocycles. The highest BCUT2D eigenvalue weighted by molar-refractivity contribution is 5.80. The van der Waals surface area contributed by atoms with E-state index in [-0.39, 0.29) is 24.1 Å². The number of para-hydroxylation sites is 2. The highest BCUT2D eigenvalue weighted by Gasteiger charge is 2.11. The molecule has 6 nitrogen and oxygen atoms in total. The SMILES string of the molecule is Cc1nc2ccccc2n(CC(=O)NCc2ccc(OC(C)C)cc2)c1=O. The molecule has 0 aliphatic rings. The Balaban J connectivity index is 1.69. The summed E-state index contributed by atoms with van der Waals surface area (Å²) < 4.78 is 7.07. The summed E-state index contributed by atoms with van der Waals surface area (Å²) in [6, 6.07) is 14.9. The quantitative estimate of drug-likeness (QED) is 0.729. The number of amides is 1. The Bertz CT molecular complexity index is 1010. The number of ether oxygens (including phenoxy) is 1. The molecule has 3 aromatic rings. The standard InChI is InChI=1S/C21H23N3O3/c1-14(2)27-17-10-8-16(9-11-17)12-22-20(25)13-24-19-7-5-4-6-18(19)23-15(3)21(24)26/h4-11,14H,12-13H2,1-3H3,(H,22,25). The third-order valence-electron chi connectivity index (χ3n) is 4.10. The van der Waals surface area contributed by atoms with E-state index in [9.17, 15) is 9.59 Å². The molecule has 0 saturated carbocycles. The molecule has 0 unspecified atom stereocenters. The van der Waals surface area contributed by atoms with Gasteiger partial charge in [-0.25, -0.2) is 4.98 Å². The van der Waals surface area contributed by atoms with Crippen LogP contribution in [0.15, 0.2) is 53.3 Å². The van der Waals surface area contributed by atoms with Crippen molar-refractivity contribution in [1.29, 1.82) is 0 Å². The molecule has 0 radical (unpaired) electrons. The maximum absolute atomic E-state index is 12.4. The highest BCUT2D eigenvalue weighted by Crippen LogP contribution is 2.14. The summed E-state index contributed by atoms with van der Waals surface area (Å²) in [5.74, 6) is 0.570. The van der Waals surface area contributed by atoms with E-state index in [1.54, 1.807) is 13.0 Å². The summed E-state index contributed by atoms with van der Waals surface area (Å²) in [7, 11) is 0. The first kappa shape index (κ1) is 18.6. The normalized spacial score (nSPS) is 11.0. The van der Waals surface area contributed by atoms with E-state index in [1.165, 1.54) is 4.57 Å². The van der Waals surface area contributed by atoms with Gasteiger partial charge in [0.25, 0.3) is 5.56 Å². The lowest BCUT2D eigenvalue weighted by Crippen LogP contribution is -2.33. The third kappa shape index (κ3) is 4.53. The maximum Gasteiger partial charge on any atom is 0.272 e. The van der Waals surface area contributed by atoms with Crippen molar-refractivity contribution < 1.29 is 9.53 Å². The Labute approximate surface area is 157 Å². The predicted molar refractivity (Wildman–Crippen MR) is 105 cm³/mol. The first-order valence-electron chi connectivity index (χ1n) is 8.92. The Hall–Kier alpha value is -3.15.